The number of rotatable bonds is 5. The molecule has 21 heavy (non-hydrogen) atoms. The molecule has 0 aliphatic heterocycles. The first-order valence-corrected chi connectivity index (χ1v) is 6.88. The minimum atomic E-state index is -0.754. The van der Waals surface area contributed by atoms with E-state index < -0.39 is 17.7 Å². The summed E-state index contributed by atoms with van der Waals surface area (Å²) < 4.78 is 32.9. The number of hydrogen-bond donors (Lipinski definition) is 0. The van der Waals surface area contributed by atoms with Crippen molar-refractivity contribution in [2.24, 2.45) is 0 Å². The van der Waals surface area contributed by atoms with Gasteiger partial charge in [-0.05, 0) is 43.2 Å². The van der Waals surface area contributed by atoms with Gasteiger partial charge in [0.2, 0.25) is 0 Å². The maximum atomic E-state index is 13.8. The Hall–Kier alpha value is -1.65. The molecular weight excluding hydrogens is 298 g/mol. The number of benzene rings is 2. The maximum absolute atomic E-state index is 13.8. The average molecular weight is 312 g/mol. The van der Waals surface area contributed by atoms with Gasteiger partial charge in [-0.3, -0.25) is 0 Å². The molecule has 0 aliphatic carbocycles. The lowest BCUT2D eigenvalue weighted by Gasteiger charge is -2.17. The fraction of sp³-hybridized carbons (Fsp3) is 0.250. The van der Waals surface area contributed by atoms with Gasteiger partial charge in [0.15, 0.2) is 0 Å². The molecule has 0 N–H and O–H groups in total. The minimum Gasteiger partial charge on any atom is -0.486 e. The van der Waals surface area contributed by atoms with E-state index in [2.05, 4.69) is 0 Å². The molecule has 111 valence electrons. The fourth-order valence-corrected chi connectivity index (χ4v) is 2.38. The standard InChI is InChI=1S/C16H14ClF2O2/c1-10(15-13(18)5-6-14(19)16(15)17)21-12-4-2-3-11(9-12)7-8-20/h2-6,9-10H,7-8H2,1H3. The summed E-state index contributed by atoms with van der Waals surface area (Å²) in [6.45, 7) is 1.37. The molecule has 2 aromatic carbocycles. The second-order valence-electron chi connectivity index (χ2n) is 4.62. The fourth-order valence-electron chi connectivity index (χ4n) is 2.07. The van der Waals surface area contributed by atoms with Gasteiger partial charge in [0, 0.05) is 5.56 Å². The highest BCUT2D eigenvalue weighted by molar-refractivity contribution is 6.31. The lowest BCUT2D eigenvalue weighted by molar-refractivity contribution is 0.196. The van der Waals surface area contributed by atoms with Crippen LogP contribution in [0.5, 0.6) is 5.75 Å². The average Bonchev–Trinajstić information content (AvgIpc) is 2.44. The zero-order chi connectivity index (χ0) is 15.4. The lowest BCUT2D eigenvalue weighted by atomic mass is 10.1. The van der Waals surface area contributed by atoms with Crippen LogP contribution in [0.25, 0.3) is 0 Å². The molecule has 0 amide bonds. The molecule has 0 fully saturated rings. The van der Waals surface area contributed by atoms with Gasteiger partial charge in [0.25, 0.3) is 0 Å². The lowest BCUT2D eigenvalue weighted by Crippen LogP contribution is -2.07. The molecule has 2 aromatic rings. The highest BCUT2D eigenvalue weighted by Crippen LogP contribution is 2.31. The van der Waals surface area contributed by atoms with Crippen LogP contribution in [0.3, 0.4) is 0 Å². The van der Waals surface area contributed by atoms with Crippen molar-refractivity contribution in [1.29, 1.82) is 0 Å². The Kier molecular flexibility index (Phi) is 5.15. The minimum absolute atomic E-state index is 0.0223. The van der Waals surface area contributed by atoms with Crippen molar-refractivity contribution in [3.63, 3.8) is 0 Å². The molecule has 2 rings (SSSR count). The predicted molar refractivity (Wildman–Crippen MR) is 76.1 cm³/mol. The summed E-state index contributed by atoms with van der Waals surface area (Å²) >= 11 is 5.80. The van der Waals surface area contributed by atoms with Gasteiger partial charge in [-0.2, -0.15) is 0 Å². The smallest absolute Gasteiger partial charge is 0.142 e. The van der Waals surface area contributed by atoms with Gasteiger partial charge in [0.1, 0.15) is 23.5 Å². The monoisotopic (exact) mass is 311 g/mol. The summed E-state index contributed by atoms with van der Waals surface area (Å²) in [6.07, 6.45) is -0.364. The van der Waals surface area contributed by atoms with Gasteiger partial charge < -0.3 is 4.74 Å². The van der Waals surface area contributed by atoms with Crippen molar-refractivity contribution in [1.82, 2.24) is 0 Å². The van der Waals surface area contributed by atoms with Gasteiger partial charge >= 0.3 is 0 Å². The third-order valence-corrected chi connectivity index (χ3v) is 3.47. The largest absolute Gasteiger partial charge is 0.486 e. The van der Waals surface area contributed by atoms with E-state index in [1.807, 2.05) is 6.07 Å². The van der Waals surface area contributed by atoms with Gasteiger partial charge in [-0.25, -0.2) is 13.9 Å². The number of hydrogen-bond acceptors (Lipinski definition) is 1. The molecule has 0 saturated carbocycles. The van der Waals surface area contributed by atoms with Crippen LogP contribution in [0.4, 0.5) is 8.78 Å². The van der Waals surface area contributed by atoms with E-state index in [1.165, 1.54) is 0 Å². The first-order valence-electron chi connectivity index (χ1n) is 6.50. The normalized spacial score (nSPS) is 12.2. The van der Waals surface area contributed by atoms with E-state index >= 15 is 0 Å². The molecule has 0 aromatic heterocycles. The van der Waals surface area contributed by atoms with Crippen LogP contribution in [-0.2, 0) is 11.5 Å². The zero-order valence-electron chi connectivity index (χ0n) is 11.4. The number of ether oxygens (including phenoxy) is 1. The van der Waals surface area contributed by atoms with Crippen molar-refractivity contribution in [2.45, 2.75) is 19.4 Å². The first-order chi connectivity index (χ1) is 10.0. The molecule has 0 aliphatic rings. The van der Waals surface area contributed by atoms with Crippen LogP contribution < -0.4 is 4.74 Å². The van der Waals surface area contributed by atoms with E-state index in [0.717, 1.165) is 17.7 Å². The molecule has 1 unspecified atom stereocenters. The van der Waals surface area contributed by atoms with Crippen molar-refractivity contribution in [2.75, 3.05) is 6.61 Å². The summed E-state index contributed by atoms with van der Waals surface area (Å²) in [5.74, 6) is -0.832. The molecule has 1 atom stereocenters. The van der Waals surface area contributed by atoms with Gasteiger partial charge in [0.05, 0.1) is 11.6 Å². The molecule has 0 spiro atoms. The highest BCUT2D eigenvalue weighted by Gasteiger charge is 2.19. The molecule has 0 saturated heterocycles. The van der Waals surface area contributed by atoms with E-state index in [9.17, 15) is 13.9 Å². The van der Waals surface area contributed by atoms with E-state index in [0.29, 0.717) is 12.2 Å². The Bertz CT molecular complexity index is 632. The predicted octanol–water partition coefficient (Wildman–Crippen LogP) is 4.73. The van der Waals surface area contributed by atoms with Crippen molar-refractivity contribution >= 4 is 11.6 Å². The summed E-state index contributed by atoms with van der Waals surface area (Å²) in [7, 11) is 0. The van der Waals surface area contributed by atoms with E-state index in [1.54, 1.807) is 25.1 Å². The Balaban J connectivity index is 2.24. The Morgan fingerprint density at radius 3 is 2.62 bits per heavy atom. The van der Waals surface area contributed by atoms with E-state index in [-0.39, 0.29) is 17.2 Å². The highest BCUT2D eigenvalue weighted by atomic mass is 35.5. The van der Waals surface area contributed by atoms with Crippen LogP contribution in [0, 0.1) is 11.6 Å². The van der Waals surface area contributed by atoms with Crippen LogP contribution in [0.2, 0.25) is 5.02 Å². The van der Waals surface area contributed by atoms with Crippen LogP contribution >= 0.6 is 11.6 Å². The second-order valence-corrected chi connectivity index (χ2v) is 5.00. The third-order valence-electron chi connectivity index (χ3n) is 3.09. The third kappa shape index (κ3) is 3.71. The SMILES string of the molecule is CC(Oc1cccc(CC[O])c1)c1c(F)ccc(F)c1Cl. The summed E-state index contributed by atoms with van der Waals surface area (Å²) in [4.78, 5) is 0. The number of halogens is 3. The summed E-state index contributed by atoms with van der Waals surface area (Å²) in [5, 5.41) is 10.4. The Labute approximate surface area is 126 Å². The molecule has 0 heterocycles. The molecule has 1 radical (unpaired) electrons. The van der Waals surface area contributed by atoms with Crippen molar-refractivity contribution < 1.29 is 18.6 Å². The molecule has 0 bridgehead atoms. The van der Waals surface area contributed by atoms with Crippen LogP contribution in [0.1, 0.15) is 24.2 Å². The maximum Gasteiger partial charge on any atom is 0.142 e. The van der Waals surface area contributed by atoms with Crippen LogP contribution in [0.15, 0.2) is 36.4 Å². The molecule has 2 nitrogen and oxygen atoms in total. The summed E-state index contributed by atoms with van der Waals surface area (Å²) in [5.41, 5.74) is 0.811. The molecular formula is C16H14ClF2O2. The van der Waals surface area contributed by atoms with E-state index in [4.69, 9.17) is 16.3 Å². The van der Waals surface area contributed by atoms with Crippen molar-refractivity contribution in [3.8, 4) is 5.75 Å². The van der Waals surface area contributed by atoms with Gasteiger partial charge in [-0.1, -0.05) is 23.7 Å². The Morgan fingerprint density at radius 2 is 1.90 bits per heavy atom. The topological polar surface area (TPSA) is 29.1 Å². The summed E-state index contributed by atoms with van der Waals surface area (Å²) in [6, 6.07) is 8.95. The first kappa shape index (κ1) is 15.7. The quantitative estimate of drug-likeness (QED) is 0.734. The Morgan fingerprint density at radius 1 is 1.19 bits per heavy atom. The zero-order valence-corrected chi connectivity index (χ0v) is 12.2. The van der Waals surface area contributed by atoms with Gasteiger partial charge in [-0.15, -0.1) is 0 Å². The van der Waals surface area contributed by atoms with Crippen LogP contribution in [-0.4, -0.2) is 6.61 Å². The second kappa shape index (κ2) is 6.87. The van der Waals surface area contributed by atoms with Crippen molar-refractivity contribution in [3.05, 3.63) is 64.2 Å². The molecule has 5 heteroatoms.